The Kier molecular flexibility index (Phi) is 6.64. The van der Waals surface area contributed by atoms with Gasteiger partial charge in [0.15, 0.2) is 0 Å². The van der Waals surface area contributed by atoms with Crippen LogP contribution in [0.4, 0.5) is 11.4 Å². The molecule has 0 atom stereocenters. The predicted octanol–water partition coefficient (Wildman–Crippen LogP) is 6.59. The van der Waals surface area contributed by atoms with E-state index in [1.54, 1.807) is 0 Å². The first-order chi connectivity index (χ1) is 16.0. The number of fused-ring (bicyclic) bond motifs is 2. The third-order valence-electron chi connectivity index (χ3n) is 6.71. The van der Waals surface area contributed by atoms with E-state index in [0.717, 1.165) is 59.9 Å². The van der Waals surface area contributed by atoms with E-state index in [9.17, 15) is 0 Å². The van der Waals surface area contributed by atoms with Crippen LogP contribution in [0.15, 0.2) is 67.2 Å². The van der Waals surface area contributed by atoms with Gasteiger partial charge in [0.05, 0.1) is 0 Å². The molecule has 0 fully saturated rings. The molecular weight excluding hydrogens is 406 g/mol. The van der Waals surface area contributed by atoms with Crippen molar-refractivity contribution in [2.24, 2.45) is 5.73 Å². The zero-order chi connectivity index (χ0) is 23.5. The molecule has 0 spiro atoms. The Hall–Kier alpha value is -3.40. The zero-order valence-electron chi connectivity index (χ0n) is 20.3. The quantitative estimate of drug-likeness (QED) is 0.335. The van der Waals surface area contributed by atoms with Crippen LogP contribution in [0.5, 0.6) is 11.5 Å². The molecule has 0 bridgehead atoms. The van der Waals surface area contributed by atoms with Crippen LogP contribution in [0.1, 0.15) is 55.9 Å². The molecule has 1 aliphatic heterocycles. The Morgan fingerprint density at radius 2 is 1.24 bits per heavy atom. The number of anilines is 2. The van der Waals surface area contributed by atoms with Gasteiger partial charge < -0.3 is 20.3 Å². The standard InChI is InChI=1S/C29H35N3O/c1-6-31(7-2)21-14-16-25-27(18-21)33-28-19-22(32(8-3)9-4)15-17-26(28)29(25)24-13-11-10-12-23(24)20(5)30/h10-19,29H,5-9,30H2,1-4H3. The number of nitrogens with two attached hydrogens (primary N) is 1. The Morgan fingerprint density at radius 1 is 0.758 bits per heavy atom. The molecule has 4 heteroatoms. The summed E-state index contributed by atoms with van der Waals surface area (Å²) >= 11 is 0. The fourth-order valence-corrected chi connectivity index (χ4v) is 4.93. The molecule has 3 aromatic carbocycles. The monoisotopic (exact) mass is 441 g/mol. The van der Waals surface area contributed by atoms with E-state index in [2.05, 4.69) is 98.7 Å². The lowest BCUT2D eigenvalue weighted by Gasteiger charge is -2.32. The maximum Gasteiger partial charge on any atom is 0.133 e. The van der Waals surface area contributed by atoms with E-state index in [0.29, 0.717) is 5.70 Å². The highest BCUT2D eigenvalue weighted by Crippen LogP contribution is 2.50. The average Bonchev–Trinajstić information content (AvgIpc) is 2.84. The third kappa shape index (κ3) is 4.18. The molecule has 0 aliphatic carbocycles. The fourth-order valence-electron chi connectivity index (χ4n) is 4.93. The van der Waals surface area contributed by atoms with Gasteiger partial charge in [-0.3, -0.25) is 0 Å². The highest BCUT2D eigenvalue weighted by molar-refractivity contribution is 5.71. The smallest absolute Gasteiger partial charge is 0.133 e. The molecule has 0 aromatic heterocycles. The van der Waals surface area contributed by atoms with E-state index < -0.39 is 0 Å². The van der Waals surface area contributed by atoms with Gasteiger partial charge in [-0.1, -0.05) is 43.0 Å². The van der Waals surface area contributed by atoms with Gasteiger partial charge in [0.2, 0.25) is 0 Å². The van der Waals surface area contributed by atoms with E-state index in [1.807, 2.05) is 6.07 Å². The largest absolute Gasteiger partial charge is 0.457 e. The third-order valence-corrected chi connectivity index (χ3v) is 6.71. The van der Waals surface area contributed by atoms with Crippen LogP contribution in [0, 0.1) is 0 Å². The Morgan fingerprint density at radius 3 is 1.70 bits per heavy atom. The van der Waals surface area contributed by atoms with Crippen molar-refractivity contribution in [1.29, 1.82) is 0 Å². The van der Waals surface area contributed by atoms with Gasteiger partial charge in [-0.25, -0.2) is 0 Å². The van der Waals surface area contributed by atoms with E-state index in [-0.39, 0.29) is 5.92 Å². The van der Waals surface area contributed by atoms with Crippen LogP contribution in [0.2, 0.25) is 0 Å². The van der Waals surface area contributed by atoms with Gasteiger partial charge in [-0.15, -0.1) is 0 Å². The topological polar surface area (TPSA) is 41.7 Å². The number of ether oxygens (including phenoxy) is 1. The Labute approximate surface area is 198 Å². The molecule has 0 unspecified atom stereocenters. The van der Waals surface area contributed by atoms with Crippen molar-refractivity contribution in [1.82, 2.24) is 0 Å². The van der Waals surface area contributed by atoms with Crippen molar-refractivity contribution in [2.45, 2.75) is 33.6 Å². The summed E-state index contributed by atoms with van der Waals surface area (Å²) in [5, 5.41) is 0. The summed E-state index contributed by atoms with van der Waals surface area (Å²) in [6.07, 6.45) is 0. The lowest BCUT2D eigenvalue weighted by molar-refractivity contribution is 0.452. The molecule has 0 amide bonds. The van der Waals surface area contributed by atoms with Gasteiger partial charge in [0.1, 0.15) is 11.5 Å². The van der Waals surface area contributed by atoms with Gasteiger partial charge in [0.25, 0.3) is 0 Å². The SMILES string of the molecule is C=C(N)c1ccccc1C1c2ccc(N(CC)CC)cc2Oc2cc(N(CC)CC)ccc21. The number of nitrogens with zero attached hydrogens (tertiary/aromatic N) is 2. The number of rotatable bonds is 8. The molecule has 172 valence electrons. The summed E-state index contributed by atoms with van der Waals surface area (Å²) < 4.78 is 6.58. The van der Waals surface area contributed by atoms with Crippen LogP contribution in [0.25, 0.3) is 5.70 Å². The first kappa shape index (κ1) is 22.8. The van der Waals surface area contributed by atoms with Crippen molar-refractivity contribution in [3.8, 4) is 11.5 Å². The lowest BCUT2D eigenvalue weighted by Crippen LogP contribution is -2.23. The van der Waals surface area contributed by atoms with Crippen LogP contribution in [0.3, 0.4) is 0 Å². The Bertz CT molecular complexity index is 1080. The minimum atomic E-state index is 0.0248. The molecule has 2 N–H and O–H groups in total. The fraction of sp³-hybridized carbons (Fsp3) is 0.310. The second-order valence-corrected chi connectivity index (χ2v) is 8.44. The summed E-state index contributed by atoms with van der Waals surface area (Å²) in [5.41, 5.74) is 13.6. The van der Waals surface area contributed by atoms with E-state index in [1.165, 1.54) is 11.4 Å². The zero-order valence-corrected chi connectivity index (χ0v) is 20.3. The first-order valence-electron chi connectivity index (χ1n) is 12.0. The number of hydrogen-bond acceptors (Lipinski definition) is 4. The van der Waals surface area contributed by atoms with Gasteiger partial charge in [-0.2, -0.15) is 0 Å². The summed E-state index contributed by atoms with van der Waals surface area (Å²) in [5.74, 6) is 1.84. The van der Waals surface area contributed by atoms with Crippen LogP contribution >= 0.6 is 0 Å². The molecule has 1 heterocycles. The normalized spacial score (nSPS) is 12.5. The molecule has 3 aromatic rings. The summed E-state index contributed by atoms with van der Waals surface area (Å²) in [6.45, 7) is 16.6. The number of benzene rings is 3. The van der Waals surface area contributed by atoms with Gasteiger partial charge in [0, 0.05) is 78.0 Å². The maximum absolute atomic E-state index is 6.58. The minimum Gasteiger partial charge on any atom is -0.457 e. The molecule has 1 aliphatic rings. The van der Waals surface area contributed by atoms with Crippen molar-refractivity contribution in [2.75, 3.05) is 36.0 Å². The van der Waals surface area contributed by atoms with Crippen molar-refractivity contribution in [3.05, 3.63) is 89.5 Å². The van der Waals surface area contributed by atoms with Gasteiger partial charge >= 0.3 is 0 Å². The summed E-state index contributed by atoms with van der Waals surface area (Å²) in [7, 11) is 0. The highest BCUT2D eigenvalue weighted by atomic mass is 16.5. The highest BCUT2D eigenvalue weighted by Gasteiger charge is 2.31. The second-order valence-electron chi connectivity index (χ2n) is 8.44. The molecule has 0 saturated heterocycles. The first-order valence-corrected chi connectivity index (χ1v) is 12.0. The molecule has 0 saturated carbocycles. The minimum absolute atomic E-state index is 0.0248. The Balaban J connectivity index is 1.92. The lowest BCUT2D eigenvalue weighted by atomic mass is 9.80. The average molecular weight is 442 g/mol. The van der Waals surface area contributed by atoms with Crippen molar-refractivity contribution < 1.29 is 4.74 Å². The molecule has 4 rings (SSSR count). The summed E-state index contributed by atoms with van der Waals surface area (Å²) in [4.78, 5) is 4.69. The molecular formula is C29H35N3O. The van der Waals surface area contributed by atoms with E-state index >= 15 is 0 Å². The van der Waals surface area contributed by atoms with Crippen molar-refractivity contribution in [3.63, 3.8) is 0 Å². The summed E-state index contributed by atoms with van der Waals surface area (Å²) in [6, 6.07) is 21.5. The number of hydrogen-bond donors (Lipinski definition) is 1. The van der Waals surface area contributed by atoms with Crippen LogP contribution in [-0.2, 0) is 0 Å². The second kappa shape index (κ2) is 9.62. The maximum atomic E-state index is 6.58. The molecule has 0 radical (unpaired) electrons. The van der Waals surface area contributed by atoms with Crippen LogP contribution < -0.4 is 20.3 Å². The van der Waals surface area contributed by atoms with E-state index in [4.69, 9.17) is 10.5 Å². The van der Waals surface area contributed by atoms with Crippen LogP contribution in [-0.4, -0.2) is 26.2 Å². The van der Waals surface area contributed by atoms with Crippen molar-refractivity contribution >= 4 is 17.1 Å². The molecule has 4 nitrogen and oxygen atoms in total. The van der Waals surface area contributed by atoms with Gasteiger partial charge in [-0.05, 0) is 45.4 Å². The predicted molar refractivity (Wildman–Crippen MR) is 141 cm³/mol. The molecule has 33 heavy (non-hydrogen) atoms.